The molecule has 1 heterocycles. The zero-order valence-electron chi connectivity index (χ0n) is 8.43. The minimum atomic E-state index is 1.08. The van der Waals surface area contributed by atoms with Crippen LogP contribution in [-0.2, 0) is 6.54 Å². The molecule has 72 valence electrons. The van der Waals surface area contributed by atoms with Crippen LogP contribution in [0.3, 0.4) is 0 Å². The average Bonchev–Trinajstić information content (AvgIpc) is 2.68. The number of hydrogen-bond donors (Lipinski definition) is 0. The summed E-state index contributed by atoms with van der Waals surface area (Å²) >= 11 is 0. The van der Waals surface area contributed by atoms with Crippen LogP contribution < -0.4 is 4.57 Å². The highest BCUT2D eigenvalue weighted by Gasteiger charge is 2.03. The summed E-state index contributed by atoms with van der Waals surface area (Å²) in [6.07, 6.45) is 7.49. The Labute approximate surface area is 84.4 Å². The van der Waals surface area contributed by atoms with Crippen LogP contribution in [0, 0.1) is 0 Å². The zero-order valence-corrected chi connectivity index (χ0v) is 8.43. The molecule has 0 unspecified atom stereocenters. The first-order valence-electron chi connectivity index (χ1n) is 5.02. The largest absolute Gasteiger partial charge is 0.248 e. The summed E-state index contributed by atoms with van der Waals surface area (Å²) in [5.41, 5.74) is 1.21. The van der Waals surface area contributed by atoms with E-state index in [4.69, 9.17) is 0 Å². The molecular weight excluding hydrogens is 172 g/mol. The highest BCUT2D eigenvalue weighted by atomic mass is 15.1. The number of benzene rings is 1. The molecular formula is C12H15N2+. The zero-order chi connectivity index (χ0) is 9.80. The van der Waals surface area contributed by atoms with Crippen LogP contribution in [-0.4, -0.2) is 4.57 Å². The van der Waals surface area contributed by atoms with Gasteiger partial charge in [-0.25, -0.2) is 9.13 Å². The molecule has 0 N–H and O–H groups in total. The summed E-state index contributed by atoms with van der Waals surface area (Å²) in [7, 11) is 0. The molecule has 2 nitrogen and oxygen atoms in total. The first-order valence-corrected chi connectivity index (χ1v) is 5.02. The van der Waals surface area contributed by atoms with Crippen LogP contribution in [0.2, 0.25) is 0 Å². The van der Waals surface area contributed by atoms with E-state index in [2.05, 4.69) is 59.0 Å². The van der Waals surface area contributed by atoms with Gasteiger partial charge in [-0.2, -0.15) is 0 Å². The summed E-state index contributed by atoms with van der Waals surface area (Å²) in [4.78, 5) is 0. The van der Waals surface area contributed by atoms with Gasteiger partial charge in [0, 0.05) is 0 Å². The normalized spacial score (nSPS) is 10.4. The fourth-order valence-corrected chi connectivity index (χ4v) is 1.54. The minimum Gasteiger partial charge on any atom is -0.236 e. The summed E-state index contributed by atoms with van der Waals surface area (Å²) in [5, 5.41) is 0. The first-order chi connectivity index (χ1) is 6.90. The molecule has 14 heavy (non-hydrogen) atoms. The van der Waals surface area contributed by atoms with E-state index in [9.17, 15) is 0 Å². The molecule has 2 aromatic rings. The third kappa shape index (κ3) is 1.84. The number of aromatic nitrogens is 2. The molecule has 0 aliphatic carbocycles. The van der Waals surface area contributed by atoms with Crippen molar-refractivity contribution in [2.24, 2.45) is 0 Å². The number of hydrogen-bond acceptors (Lipinski definition) is 0. The molecule has 0 bridgehead atoms. The maximum absolute atomic E-state index is 2.20. The first kappa shape index (κ1) is 9.00. The van der Waals surface area contributed by atoms with Crippen LogP contribution >= 0.6 is 0 Å². The van der Waals surface area contributed by atoms with Crippen LogP contribution in [0.1, 0.15) is 13.3 Å². The van der Waals surface area contributed by atoms with E-state index in [1.807, 2.05) is 6.07 Å². The summed E-state index contributed by atoms with van der Waals surface area (Å²) < 4.78 is 4.34. The van der Waals surface area contributed by atoms with Gasteiger partial charge >= 0.3 is 0 Å². The molecule has 2 heteroatoms. The molecule has 2 rings (SSSR count). The Morgan fingerprint density at radius 2 is 2.00 bits per heavy atom. The third-order valence-electron chi connectivity index (χ3n) is 2.23. The fraction of sp³-hybridized carbons (Fsp3) is 0.250. The van der Waals surface area contributed by atoms with E-state index >= 15 is 0 Å². The smallest absolute Gasteiger partial charge is 0.236 e. The Kier molecular flexibility index (Phi) is 2.63. The monoisotopic (exact) mass is 187 g/mol. The van der Waals surface area contributed by atoms with Gasteiger partial charge in [-0.3, -0.25) is 0 Å². The fourth-order valence-electron chi connectivity index (χ4n) is 1.54. The van der Waals surface area contributed by atoms with Gasteiger partial charge < -0.3 is 0 Å². The minimum absolute atomic E-state index is 1.08. The molecule has 0 aliphatic heterocycles. The van der Waals surface area contributed by atoms with E-state index in [1.165, 1.54) is 12.1 Å². The van der Waals surface area contributed by atoms with Crippen molar-refractivity contribution in [1.29, 1.82) is 0 Å². The lowest BCUT2D eigenvalue weighted by atomic mass is 10.3. The lowest BCUT2D eigenvalue weighted by Crippen LogP contribution is -2.30. The molecule has 0 atom stereocenters. The standard InChI is InChI=1S/C12H15N2/c1-2-8-13-9-10-14(11-13)12-6-4-3-5-7-12/h3-7,9-11H,2,8H2,1H3/q+1. The Bertz CT molecular complexity index is 390. The third-order valence-corrected chi connectivity index (χ3v) is 2.23. The van der Waals surface area contributed by atoms with Crippen LogP contribution in [0.15, 0.2) is 49.1 Å². The second kappa shape index (κ2) is 4.09. The Balaban J connectivity index is 2.25. The van der Waals surface area contributed by atoms with Crippen molar-refractivity contribution < 1.29 is 4.57 Å². The second-order valence-corrected chi connectivity index (χ2v) is 3.39. The second-order valence-electron chi connectivity index (χ2n) is 3.39. The van der Waals surface area contributed by atoms with E-state index < -0.39 is 0 Å². The number of nitrogens with zero attached hydrogens (tertiary/aromatic N) is 2. The van der Waals surface area contributed by atoms with Crippen molar-refractivity contribution >= 4 is 0 Å². The van der Waals surface area contributed by atoms with Gasteiger partial charge in [0.25, 0.3) is 0 Å². The molecule has 0 saturated heterocycles. The van der Waals surface area contributed by atoms with Gasteiger partial charge in [-0.1, -0.05) is 25.1 Å². The van der Waals surface area contributed by atoms with E-state index in [1.54, 1.807) is 0 Å². The van der Waals surface area contributed by atoms with Crippen molar-refractivity contribution in [3.8, 4) is 5.69 Å². The van der Waals surface area contributed by atoms with Gasteiger partial charge in [0.2, 0.25) is 6.33 Å². The molecule has 1 aromatic carbocycles. The van der Waals surface area contributed by atoms with Gasteiger partial charge in [0.05, 0.1) is 6.54 Å². The summed E-state index contributed by atoms with van der Waals surface area (Å²) in [6, 6.07) is 10.4. The van der Waals surface area contributed by atoms with E-state index in [0.29, 0.717) is 0 Å². The maximum Gasteiger partial charge on any atom is 0.248 e. The summed E-state index contributed by atoms with van der Waals surface area (Å²) in [5.74, 6) is 0. The molecule has 0 radical (unpaired) electrons. The SMILES string of the molecule is CCC[n+]1ccn(-c2ccccc2)c1. The van der Waals surface area contributed by atoms with Gasteiger partial charge in [-0.15, -0.1) is 0 Å². The average molecular weight is 187 g/mol. The predicted molar refractivity (Wildman–Crippen MR) is 56.3 cm³/mol. The Hall–Kier alpha value is -1.57. The highest BCUT2D eigenvalue weighted by molar-refractivity contribution is 5.30. The number of aryl methyl sites for hydroxylation is 1. The number of para-hydroxylation sites is 1. The van der Waals surface area contributed by atoms with Crippen LogP contribution in [0.5, 0.6) is 0 Å². The predicted octanol–water partition coefficient (Wildman–Crippen LogP) is 2.17. The Morgan fingerprint density at radius 1 is 1.21 bits per heavy atom. The topological polar surface area (TPSA) is 8.81 Å². The van der Waals surface area contributed by atoms with Crippen molar-refractivity contribution in [1.82, 2.24) is 4.57 Å². The highest BCUT2D eigenvalue weighted by Crippen LogP contribution is 2.04. The molecule has 0 aliphatic rings. The maximum atomic E-state index is 2.20. The van der Waals surface area contributed by atoms with Crippen molar-refractivity contribution in [2.45, 2.75) is 19.9 Å². The molecule has 0 saturated carbocycles. The van der Waals surface area contributed by atoms with Crippen molar-refractivity contribution in [3.05, 3.63) is 49.1 Å². The van der Waals surface area contributed by atoms with Crippen LogP contribution in [0.25, 0.3) is 5.69 Å². The molecule has 1 aromatic heterocycles. The molecule has 0 amide bonds. The molecule has 0 spiro atoms. The van der Waals surface area contributed by atoms with Crippen LogP contribution in [0.4, 0.5) is 0 Å². The van der Waals surface area contributed by atoms with Crippen molar-refractivity contribution in [3.63, 3.8) is 0 Å². The van der Waals surface area contributed by atoms with E-state index in [-0.39, 0.29) is 0 Å². The number of rotatable bonds is 3. The quantitative estimate of drug-likeness (QED) is 0.651. The van der Waals surface area contributed by atoms with Gasteiger partial charge in [0.1, 0.15) is 18.1 Å². The lowest BCUT2D eigenvalue weighted by Gasteiger charge is -1.93. The van der Waals surface area contributed by atoms with Crippen molar-refractivity contribution in [2.75, 3.05) is 0 Å². The van der Waals surface area contributed by atoms with Gasteiger partial charge in [-0.05, 0) is 18.6 Å². The lowest BCUT2D eigenvalue weighted by molar-refractivity contribution is -0.696. The number of imidazole rings is 1. The van der Waals surface area contributed by atoms with E-state index in [0.717, 1.165) is 6.54 Å². The molecule has 0 fully saturated rings. The Morgan fingerprint density at radius 3 is 2.71 bits per heavy atom. The van der Waals surface area contributed by atoms with Gasteiger partial charge in [0.15, 0.2) is 0 Å². The summed E-state index contributed by atoms with van der Waals surface area (Å²) in [6.45, 7) is 3.27.